The van der Waals surface area contributed by atoms with E-state index in [2.05, 4.69) is 5.32 Å². The molecule has 116 valence electrons. The summed E-state index contributed by atoms with van der Waals surface area (Å²) in [6, 6.07) is 5.15. The van der Waals surface area contributed by atoms with Crippen LogP contribution in [0.1, 0.15) is 24.3 Å². The average Bonchev–Trinajstić information content (AvgIpc) is 2.75. The van der Waals surface area contributed by atoms with Gasteiger partial charge in [0.25, 0.3) is 6.43 Å². The van der Waals surface area contributed by atoms with E-state index in [1.165, 1.54) is 17.4 Å². The van der Waals surface area contributed by atoms with Crippen LogP contribution in [-0.2, 0) is 17.9 Å². The molecule has 1 N–H and O–H groups in total. The Hall–Kier alpha value is -1.11. The molecule has 0 bridgehead atoms. The number of alkyl halides is 2. The molecule has 2 aromatic rings. The van der Waals surface area contributed by atoms with Crippen LogP contribution in [0.5, 0.6) is 0 Å². The second-order valence-electron chi connectivity index (χ2n) is 5.06. The summed E-state index contributed by atoms with van der Waals surface area (Å²) in [5, 5.41) is 3.75. The van der Waals surface area contributed by atoms with E-state index in [1.807, 2.05) is 19.9 Å². The molecule has 6 heteroatoms. The van der Waals surface area contributed by atoms with Crippen molar-refractivity contribution in [3.8, 4) is 0 Å². The molecule has 0 saturated heterocycles. The highest BCUT2D eigenvalue weighted by Crippen LogP contribution is 2.33. The van der Waals surface area contributed by atoms with Gasteiger partial charge in [0.15, 0.2) is 0 Å². The maximum Gasteiger partial charge on any atom is 0.261 e. The van der Waals surface area contributed by atoms with Crippen molar-refractivity contribution in [1.82, 2.24) is 5.32 Å². The normalized spacial score (nSPS) is 12.0. The molecule has 0 fully saturated rings. The largest absolute Gasteiger partial charge is 0.371 e. The molecular weight excluding hydrogens is 299 g/mol. The van der Waals surface area contributed by atoms with E-state index < -0.39 is 13.0 Å². The number of fused-ring (bicyclic) bond motifs is 1. The number of hydrogen-bond donors (Lipinski definition) is 1. The second kappa shape index (κ2) is 7.24. The molecule has 21 heavy (non-hydrogen) atoms. The van der Waals surface area contributed by atoms with Gasteiger partial charge in [0.2, 0.25) is 0 Å². The zero-order chi connectivity index (χ0) is 15.4. The molecule has 1 aromatic heterocycles. The van der Waals surface area contributed by atoms with Crippen LogP contribution in [0.2, 0.25) is 0 Å². The van der Waals surface area contributed by atoms with Gasteiger partial charge in [-0.1, -0.05) is 19.9 Å². The minimum atomic E-state index is -2.52. The summed E-state index contributed by atoms with van der Waals surface area (Å²) in [6.07, 6.45) is -2.52. The molecule has 2 nitrogen and oxygen atoms in total. The molecule has 1 heterocycles. The number of benzene rings is 1. The van der Waals surface area contributed by atoms with Gasteiger partial charge in [0.05, 0.1) is 6.61 Å². The van der Waals surface area contributed by atoms with Crippen molar-refractivity contribution in [2.75, 3.05) is 6.61 Å². The first-order valence-corrected chi connectivity index (χ1v) is 7.58. The van der Waals surface area contributed by atoms with Crippen LogP contribution in [0.15, 0.2) is 18.2 Å². The number of hydrogen-bond acceptors (Lipinski definition) is 3. The van der Waals surface area contributed by atoms with E-state index in [0.717, 1.165) is 9.58 Å². The van der Waals surface area contributed by atoms with Gasteiger partial charge in [0.1, 0.15) is 12.4 Å². The highest BCUT2D eigenvalue weighted by atomic mass is 32.1. The van der Waals surface area contributed by atoms with E-state index >= 15 is 0 Å². The SMILES string of the molecule is CC(C)NCc1sc2cccc(F)c2c1COCC(F)F. The molecule has 0 atom stereocenters. The Labute approximate surface area is 125 Å². The first-order chi connectivity index (χ1) is 9.99. The molecule has 1 aromatic carbocycles. The molecule has 0 aliphatic heterocycles. The summed E-state index contributed by atoms with van der Waals surface area (Å²) in [6.45, 7) is 3.97. The third-order valence-corrected chi connectivity index (χ3v) is 4.21. The van der Waals surface area contributed by atoms with Crippen LogP contribution in [0.4, 0.5) is 13.2 Å². The summed E-state index contributed by atoms with van der Waals surface area (Å²) in [5.41, 5.74) is 0.668. The molecule has 0 unspecified atom stereocenters. The lowest BCUT2D eigenvalue weighted by atomic mass is 10.1. The van der Waals surface area contributed by atoms with Crippen LogP contribution in [0.3, 0.4) is 0 Å². The third kappa shape index (κ3) is 4.18. The van der Waals surface area contributed by atoms with Gasteiger partial charge >= 0.3 is 0 Å². The van der Waals surface area contributed by atoms with E-state index in [1.54, 1.807) is 6.07 Å². The smallest absolute Gasteiger partial charge is 0.261 e. The molecule has 0 amide bonds. The van der Waals surface area contributed by atoms with Crippen LogP contribution in [0, 0.1) is 5.82 Å². The lowest BCUT2D eigenvalue weighted by Crippen LogP contribution is -2.22. The van der Waals surface area contributed by atoms with Crippen molar-refractivity contribution in [2.45, 2.75) is 39.5 Å². The molecule has 0 radical (unpaired) electrons. The second-order valence-corrected chi connectivity index (χ2v) is 6.20. The van der Waals surface area contributed by atoms with E-state index in [0.29, 0.717) is 17.5 Å². The minimum absolute atomic E-state index is 0.000379. The first-order valence-electron chi connectivity index (χ1n) is 6.77. The van der Waals surface area contributed by atoms with Crippen molar-refractivity contribution < 1.29 is 17.9 Å². The van der Waals surface area contributed by atoms with Crippen LogP contribution in [-0.4, -0.2) is 19.1 Å². The van der Waals surface area contributed by atoms with Crippen molar-refractivity contribution in [1.29, 1.82) is 0 Å². The summed E-state index contributed by atoms with van der Waals surface area (Å²) >= 11 is 1.47. The first kappa shape index (κ1) is 16.3. The summed E-state index contributed by atoms with van der Waals surface area (Å²) in [5.74, 6) is -0.338. The van der Waals surface area contributed by atoms with E-state index in [-0.39, 0.29) is 18.5 Å². The van der Waals surface area contributed by atoms with Crippen molar-refractivity contribution in [3.05, 3.63) is 34.5 Å². The zero-order valence-corrected chi connectivity index (χ0v) is 12.8. The monoisotopic (exact) mass is 317 g/mol. The van der Waals surface area contributed by atoms with Gasteiger partial charge in [-0.15, -0.1) is 11.3 Å². The molecule has 2 rings (SSSR count). The number of halogens is 3. The predicted octanol–water partition coefficient (Wildman–Crippen LogP) is 4.32. The Bertz CT molecular complexity index is 598. The van der Waals surface area contributed by atoms with Crippen molar-refractivity contribution >= 4 is 21.4 Å². The summed E-state index contributed by atoms with van der Waals surface area (Å²) < 4.78 is 44.3. The lowest BCUT2D eigenvalue weighted by Gasteiger charge is -2.10. The maximum absolute atomic E-state index is 14.0. The van der Waals surface area contributed by atoms with Gasteiger partial charge < -0.3 is 10.1 Å². The summed E-state index contributed by atoms with van der Waals surface area (Å²) in [4.78, 5) is 0.929. The van der Waals surface area contributed by atoms with Crippen LogP contribution >= 0.6 is 11.3 Å². The van der Waals surface area contributed by atoms with Gasteiger partial charge in [0, 0.05) is 33.1 Å². The highest BCUT2D eigenvalue weighted by Gasteiger charge is 2.16. The Balaban J connectivity index is 2.29. The Morgan fingerprint density at radius 2 is 2.05 bits per heavy atom. The van der Waals surface area contributed by atoms with Crippen molar-refractivity contribution in [3.63, 3.8) is 0 Å². The standard InChI is InChI=1S/C15H18F3NOS/c1-9(2)19-6-13-10(7-20-8-14(17)18)15-11(16)4-3-5-12(15)21-13/h3-5,9,14,19H,6-8H2,1-2H3. The number of rotatable bonds is 7. The fourth-order valence-corrected chi connectivity index (χ4v) is 3.23. The van der Waals surface area contributed by atoms with Gasteiger partial charge in [-0.05, 0) is 12.1 Å². The van der Waals surface area contributed by atoms with Gasteiger partial charge in [-0.25, -0.2) is 13.2 Å². The zero-order valence-electron chi connectivity index (χ0n) is 12.0. The number of nitrogens with one attached hydrogen (secondary N) is 1. The fourth-order valence-electron chi connectivity index (χ4n) is 2.06. The fraction of sp³-hybridized carbons (Fsp3) is 0.467. The molecule has 0 spiro atoms. The number of thiophene rings is 1. The van der Waals surface area contributed by atoms with E-state index in [9.17, 15) is 13.2 Å². The van der Waals surface area contributed by atoms with E-state index in [4.69, 9.17) is 4.74 Å². The van der Waals surface area contributed by atoms with Gasteiger partial charge in [-0.2, -0.15) is 0 Å². The third-order valence-electron chi connectivity index (χ3n) is 3.01. The highest BCUT2D eigenvalue weighted by molar-refractivity contribution is 7.19. The molecule has 0 saturated carbocycles. The van der Waals surface area contributed by atoms with Gasteiger partial charge in [-0.3, -0.25) is 0 Å². The molecule has 0 aliphatic carbocycles. The maximum atomic E-state index is 14.0. The summed E-state index contributed by atoms with van der Waals surface area (Å²) in [7, 11) is 0. The molecular formula is C15H18F3NOS. The molecule has 0 aliphatic rings. The average molecular weight is 317 g/mol. The predicted molar refractivity (Wildman–Crippen MR) is 79.4 cm³/mol. The Morgan fingerprint density at radius 1 is 1.29 bits per heavy atom. The lowest BCUT2D eigenvalue weighted by molar-refractivity contribution is 0.0101. The Morgan fingerprint density at radius 3 is 2.71 bits per heavy atom. The van der Waals surface area contributed by atoms with Crippen LogP contribution in [0.25, 0.3) is 10.1 Å². The quantitative estimate of drug-likeness (QED) is 0.821. The van der Waals surface area contributed by atoms with Crippen molar-refractivity contribution in [2.24, 2.45) is 0 Å². The topological polar surface area (TPSA) is 21.3 Å². The van der Waals surface area contributed by atoms with Crippen LogP contribution < -0.4 is 5.32 Å². The Kier molecular flexibility index (Phi) is 5.61. The minimum Gasteiger partial charge on any atom is -0.371 e. The number of ether oxygens (including phenoxy) is 1.